The first-order valence-corrected chi connectivity index (χ1v) is 2.99. The SMILES string of the molecule is [CH2]C(C)(C)C(C)S. The molecular formula is C6H13S. The Morgan fingerprint density at radius 2 is 1.71 bits per heavy atom. The molecule has 0 aromatic heterocycles. The van der Waals surface area contributed by atoms with Crippen molar-refractivity contribution >= 4 is 12.6 Å². The molecule has 0 aliphatic heterocycles. The average molecular weight is 117 g/mol. The van der Waals surface area contributed by atoms with Crippen LogP contribution in [0.5, 0.6) is 0 Å². The lowest BCUT2D eigenvalue weighted by Crippen LogP contribution is -2.16. The minimum atomic E-state index is 0.114. The standard InChI is InChI=1S/C6H13S/c1-5(7)6(2,3)4/h5,7H,2H2,1,3-4H3. The van der Waals surface area contributed by atoms with E-state index in [-0.39, 0.29) is 5.41 Å². The van der Waals surface area contributed by atoms with Crippen molar-refractivity contribution in [3.63, 3.8) is 0 Å². The zero-order valence-corrected chi connectivity index (χ0v) is 6.13. The summed E-state index contributed by atoms with van der Waals surface area (Å²) in [4.78, 5) is 0. The van der Waals surface area contributed by atoms with Gasteiger partial charge in [-0.3, -0.25) is 0 Å². The fourth-order valence-corrected chi connectivity index (χ4v) is 0. The summed E-state index contributed by atoms with van der Waals surface area (Å²) < 4.78 is 0. The molecule has 0 saturated heterocycles. The highest BCUT2D eigenvalue weighted by molar-refractivity contribution is 7.81. The van der Waals surface area contributed by atoms with Crippen LogP contribution < -0.4 is 0 Å². The molecular weight excluding hydrogens is 104 g/mol. The van der Waals surface area contributed by atoms with Gasteiger partial charge < -0.3 is 0 Å². The normalized spacial score (nSPS) is 16.7. The molecule has 0 saturated carbocycles. The second-order valence-electron chi connectivity index (χ2n) is 2.66. The van der Waals surface area contributed by atoms with Crippen molar-refractivity contribution in [1.29, 1.82) is 0 Å². The lowest BCUT2D eigenvalue weighted by Gasteiger charge is -2.21. The number of hydrogen-bond donors (Lipinski definition) is 1. The first-order valence-electron chi connectivity index (χ1n) is 2.48. The van der Waals surface area contributed by atoms with E-state index in [2.05, 4.69) is 40.3 Å². The van der Waals surface area contributed by atoms with Gasteiger partial charge in [0.25, 0.3) is 0 Å². The zero-order valence-electron chi connectivity index (χ0n) is 5.23. The molecule has 0 amide bonds. The number of rotatable bonds is 1. The fraction of sp³-hybridized carbons (Fsp3) is 0.833. The molecule has 0 N–H and O–H groups in total. The van der Waals surface area contributed by atoms with E-state index in [4.69, 9.17) is 0 Å². The topological polar surface area (TPSA) is 0 Å². The molecule has 1 atom stereocenters. The van der Waals surface area contributed by atoms with Gasteiger partial charge in [0.2, 0.25) is 0 Å². The summed E-state index contributed by atoms with van der Waals surface area (Å²) >= 11 is 4.22. The molecule has 7 heavy (non-hydrogen) atoms. The molecule has 0 spiro atoms. The summed E-state index contributed by atoms with van der Waals surface area (Å²) in [7, 11) is 0. The van der Waals surface area contributed by atoms with Crippen molar-refractivity contribution in [2.45, 2.75) is 26.0 Å². The molecule has 1 unspecified atom stereocenters. The van der Waals surface area contributed by atoms with Crippen molar-refractivity contribution in [3.05, 3.63) is 6.92 Å². The van der Waals surface area contributed by atoms with E-state index in [1.54, 1.807) is 0 Å². The molecule has 0 heterocycles. The van der Waals surface area contributed by atoms with E-state index in [9.17, 15) is 0 Å². The Kier molecular flexibility index (Phi) is 2.18. The minimum absolute atomic E-state index is 0.114. The summed E-state index contributed by atoms with van der Waals surface area (Å²) in [5, 5.41) is 0.382. The second kappa shape index (κ2) is 2.08. The van der Waals surface area contributed by atoms with Gasteiger partial charge in [0.15, 0.2) is 0 Å². The lowest BCUT2D eigenvalue weighted by atomic mass is 9.93. The Balaban J connectivity index is 3.54. The molecule has 1 heteroatoms. The van der Waals surface area contributed by atoms with Gasteiger partial charge in [0.1, 0.15) is 0 Å². The van der Waals surface area contributed by atoms with E-state index in [1.807, 2.05) is 0 Å². The maximum atomic E-state index is 4.22. The van der Waals surface area contributed by atoms with Crippen LogP contribution in [0.25, 0.3) is 0 Å². The Labute approximate surface area is 51.7 Å². The van der Waals surface area contributed by atoms with Gasteiger partial charge in [-0.25, -0.2) is 0 Å². The van der Waals surface area contributed by atoms with Crippen molar-refractivity contribution in [1.82, 2.24) is 0 Å². The Morgan fingerprint density at radius 3 is 1.71 bits per heavy atom. The van der Waals surface area contributed by atoms with Gasteiger partial charge in [-0.1, -0.05) is 20.8 Å². The van der Waals surface area contributed by atoms with Gasteiger partial charge >= 0.3 is 0 Å². The highest BCUT2D eigenvalue weighted by atomic mass is 32.1. The van der Waals surface area contributed by atoms with Crippen LogP contribution in [-0.4, -0.2) is 5.25 Å². The van der Waals surface area contributed by atoms with Gasteiger partial charge in [0, 0.05) is 5.25 Å². The molecule has 0 aliphatic carbocycles. The van der Waals surface area contributed by atoms with Crippen molar-refractivity contribution < 1.29 is 0 Å². The molecule has 43 valence electrons. The first-order chi connectivity index (χ1) is 2.94. The van der Waals surface area contributed by atoms with Crippen molar-refractivity contribution in [3.8, 4) is 0 Å². The Hall–Kier alpha value is 0.350. The van der Waals surface area contributed by atoms with Crippen LogP contribution in [0.3, 0.4) is 0 Å². The second-order valence-corrected chi connectivity index (χ2v) is 3.44. The quantitative estimate of drug-likeness (QED) is 0.500. The molecule has 0 aromatic carbocycles. The minimum Gasteiger partial charge on any atom is -0.176 e. The van der Waals surface area contributed by atoms with E-state index in [1.165, 1.54) is 0 Å². The van der Waals surface area contributed by atoms with E-state index < -0.39 is 0 Å². The van der Waals surface area contributed by atoms with Crippen molar-refractivity contribution in [2.75, 3.05) is 0 Å². The van der Waals surface area contributed by atoms with E-state index in [0.717, 1.165) is 0 Å². The van der Waals surface area contributed by atoms with Crippen LogP contribution in [0.4, 0.5) is 0 Å². The van der Waals surface area contributed by atoms with Crippen LogP contribution in [0.15, 0.2) is 0 Å². The summed E-state index contributed by atoms with van der Waals surface area (Å²) in [6, 6.07) is 0. The van der Waals surface area contributed by atoms with Crippen LogP contribution in [0.1, 0.15) is 20.8 Å². The predicted molar refractivity (Wildman–Crippen MR) is 37.6 cm³/mol. The third-order valence-electron chi connectivity index (χ3n) is 1.13. The molecule has 0 rings (SSSR count). The van der Waals surface area contributed by atoms with Crippen LogP contribution in [0.2, 0.25) is 0 Å². The number of thiol groups is 1. The molecule has 0 aliphatic rings. The highest BCUT2D eigenvalue weighted by Gasteiger charge is 2.14. The lowest BCUT2D eigenvalue weighted by molar-refractivity contribution is 0.473. The van der Waals surface area contributed by atoms with Crippen LogP contribution in [-0.2, 0) is 0 Å². The van der Waals surface area contributed by atoms with Gasteiger partial charge in [-0.05, 0) is 12.3 Å². The smallest absolute Gasteiger partial charge is 0.00396 e. The van der Waals surface area contributed by atoms with Crippen molar-refractivity contribution in [2.24, 2.45) is 5.41 Å². The molecule has 0 bridgehead atoms. The fourth-order valence-electron chi connectivity index (χ4n) is 0. The number of hydrogen-bond acceptors (Lipinski definition) is 1. The summed E-state index contributed by atoms with van der Waals surface area (Å²) in [5.74, 6) is 0. The Bertz CT molecular complexity index is 49.7. The summed E-state index contributed by atoms with van der Waals surface area (Å²) in [6.45, 7) is 10.1. The molecule has 1 radical (unpaired) electrons. The highest BCUT2D eigenvalue weighted by Crippen LogP contribution is 2.21. The zero-order chi connectivity index (χ0) is 6.08. The van der Waals surface area contributed by atoms with Gasteiger partial charge in [0.05, 0.1) is 0 Å². The van der Waals surface area contributed by atoms with Crippen LogP contribution >= 0.6 is 12.6 Å². The van der Waals surface area contributed by atoms with E-state index in [0.29, 0.717) is 5.25 Å². The van der Waals surface area contributed by atoms with Gasteiger partial charge in [-0.2, -0.15) is 12.6 Å². The van der Waals surface area contributed by atoms with Gasteiger partial charge in [-0.15, -0.1) is 0 Å². The average Bonchev–Trinajstić information content (AvgIpc) is 1.31. The summed E-state index contributed by atoms with van der Waals surface area (Å²) in [5.41, 5.74) is 0.114. The third-order valence-corrected chi connectivity index (χ3v) is 1.83. The first kappa shape index (κ1) is 7.35. The van der Waals surface area contributed by atoms with E-state index >= 15 is 0 Å². The monoisotopic (exact) mass is 117 g/mol. The molecule has 0 nitrogen and oxygen atoms in total. The largest absolute Gasteiger partial charge is 0.176 e. The predicted octanol–water partition coefficient (Wildman–Crippen LogP) is 2.16. The maximum Gasteiger partial charge on any atom is 0.00396 e. The Morgan fingerprint density at radius 1 is 1.57 bits per heavy atom. The molecule has 0 fully saturated rings. The van der Waals surface area contributed by atoms with Crippen LogP contribution in [0, 0.1) is 12.3 Å². The summed E-state index contributed by atoms with van der Waals surface area (Å²) in [6.07, 6.45) is 0. The maximum absolute atomic E-state index is 4.22. The third kappa shape index (κ3) is 2.98. The molecule has 0 aromatic rings.